The van der Waals surface area contributed by atoms with Crippen LogP contribution in [0.3, 0.4) is 0 Å². The van der Waals surface area contributed by atoms with Crippen molar-refractivity contribution in [2.24, 2.45) is 10.7 Å². The molecule has 0 bridgehead atoms. The van der Waals surface area contributed by atoms with Crippen LogP contribution in [-0.2, 0) is 6.54 Å². The van der Waals surface area contributed by atoms with Crippen LogP contribution in [0.2, 0.25) is 0 Å². The second kappa shape index (κ2) is 8.28. The fraction of sp³-hybridized carbons (Fsp3) is 0.500. The summed E-state index contributed by atoms with van der Waals surface area (Å²) in [4.78, 5) is 5.95. The highest BCUT2D eigenvalue weighted by atomic mass is 16.5. The second-order valence-electron chi connectivity index (χ2n) is 5.29. The van der Waals surface area contributed by atoms with Crippen molar-refractivity contribution in [2.45, 2.75) is 32.2 Å². The van der Waals surface area contributed by atoms with E-state index in [1.165, 1.54) is 31.5 Å². The highest BCUT2D eigenvalue weighted by molar-refractivity contribution is 5.81. The summed E-state index contributed by atoms with van der Waals surface area (Å²) in [6, 6.07) is 8.25. The summed E-state index contributed by atoms with van der Waals surface area (Å²) >= 11 is 0. The van der Waals surface area contributed by atoms with Crippen molar-refractivity contribution < 1.29 is 4.74 Å². The van der Waals surface area contributed by atoms with Gasteiger partial charge in [0.25, 0.3) is 0 Å². The fourth-order valence-electron chi connectivity index (χ4n) is 2.50. The molecule has 1 aromatic carbocycles. The van der Waals surface area contributed by atoms with Crippen molar-refractivity contribution in [2.75, 3.05) is 19.7 Å². The summed E-state index contributed by atoms with van der Waals surface area (Å²) < 4.78 is 5.73. The van der Waals surface area contributed by atoms with Crippen molar-refractivity contribution in [1.29, 1.82) is 5.26 Å². The third-order valence-electron chi connectivity index (χ3n) is 3.54. The SMILES string of the molecule is N#CN=C(N)CCCOc1cccc(CN2CCCC2)c1. The smallest absolute Gasteiger partial charge is 0.207 e. The van der Waals surface area contributed by atoms with Crippen LogP contribution in [0.4, 0.5) is 0 Å². The van der Waals surface area contributed by atoms with E-state index in [2.05, 4.69) is 22.0 Å². The lowest BCUT2D eigenvalue weighted by Gasteiger charge is -2.15. The van der Waals surface area contributed by atoms with E-state index >= 15 is 0 Å². The van der Waals surface area contributed by atoms with Gasteiger partial charge in [0.05, 0.1) is 6.61 Å². The van der Waals surface area contributed by atoms with Gasteiger partial charge in [-0.05, 0) is 50.0 Å². The monoisotopic (exact) mass is 286 g/mol. The number of ether oxygens (including phenoxy) is 1. The molecule has 0 amide bonds. The molecule has 112 valence electrons. The van der Waals surface area contributed by atoms with Gasteiger partial charge >= 0.3 is 0 Å². The lowest BCUT2D eigenvalue weighted by molar-refractivity contribution is 0.309. The predicted octanol–water partition coefficient (Wildman–Crippen LogP) is 2.28. The Labute approximate surface area is 126 Å². The molecule has 1 saturated heterocycles. The zero-order chi connectivity index (χ0) is 14.9. The molecule has 1 fully saturated rings. The number of rotatable bonds is 7. The number of nitrogens with zero attached hydrogens (tertiary/aromatic N) is 3. The lowest BCUT2D eigenvalue weighted by atomic mass is 10.2. The van der Waals surface area contributed by atoms with E-state index in [1.807, 2.05) is 12.1 Å². The topological polar surface area (TPSA) is 74.6 Å². The standard InChI is InChI=1S/C16H22N4O/c17-13-19-16(18)7-4-10-21-15-6-3-5-14(11-15)12-20-8-1-2-9-20/h3,5-6,11H,1-2,4,7-10,12H2,(H2,18,19). The molecule has 5 nitrogen and oxygen atoms in total. The van der Waals surface area contributed by atoms with Gasteiger partial charge in [-0.3, -0.25) is 4.90 Å². The van der Waals surface area contributed by atoms with Crippen molar-refractivity contribution in [1.82, 2.24) is 4.90 Å². The average Bonchev–Trinajstić information content (AvgIpc) is 2.97. The van der Waals surface area contributed by atoms with E-state index in [4.69, 9.17) is 15.7 Å². The second-order valence-corrected chi connectivity index (χ2v) is 5.29. The Bertz CT molecular complexity index is 515. The molecule has 0 spiro atoms. The third-order valence-corrected chi connectivity index (χ3v) is 3.54. The summed E-state index contributed by atoms with van der Waals surface area (Å²) in [5, 5.41) is 8.37. The molecule has 1 aliphatic rings. The van der Waals surface area contributed by atoms with Crippen molar-refractivity contribution in [3.05, 3.63) is 29.8 Å². The number of nitrogens with two attached hydrogens (primary N) is 1. The first-order valence-corrected chi connectivity index (χ1v) is 7.43. The maximum atomic E-state index is 8.37. The predicted molar refractivity (Wildman–Crippen MR) is 82.9 cm³/mol. The van der Waals surface area contributed by atoms with Crippen LogP contribution in [0.5, 0.6) is 5.75 Å². The Morgan fingerprint density at radius 3 is 2.95 bits per heavy atom. The first-order valence-electron chi connectivity index (χ1n) is 7.43. The molecule has 21 heavy (non-hydrogen) atoms. The molecule has 0 radical (unpaired) electrons. The number of aliphatic imine (C=N–C) groups is 1. The number of benzene rings is 1. The van der Waals surface area contributed by atoms with Gasteiger partial charge in [-0.2, -0.15) is 10.3 Å². The Kier molecular flexibility index (Phi) is 6.04. The van der Waals surface area contributed by atoms with E-state index < -0.39 is 0 Å². The normalized spacial score (nSPS) is 15.9. The molecule has 0 aliphatic carbocycles. The minimum absolute atomic E-state index is 0.365. The quantitative estimate of drug-likeness (QED) is 0.361. The minimum Gasteiger partial charge on any atom is -0.494 e. The molecular weight excluding hydrogens is 264 g/mol. The summed E-state index contributed by atoms with van der Waals surface area (Å²) in [6.45, 7) is 3.97. The summed E-state index contributed by atoms with van der Waals surface area (Å²) in [6.07, 6.45) is 5.64. The third kappa shape index (κ3) is 5.44. The van der Waals surface area contributed by atoms with Crippen LogP contribution in [0.15, 0.2) is 29.3 Å². The van der Waals surface area contributed by atoms with Crippen LogP contribution in [0.25, 0.3) is 0 Å². The van der Waals surface area contributed by atoms with Gasteiger partial charge in [-0.25, -0.2) is 0 Å². The molecule has 0 saturated carbocycles. The van der Waals surface area contributed by atoms with Crippen LogP contribution in [-0.4, -0.2) is 30.4 Å². The Morgan fingerprint density at radius 1 is 1.38 bits per heavy atom. The van der Waals surface area contributed by atoms with Crippen LogP contribution < -0.4 is 10.5 Å². The summed E-state index contributed by atoms with van der Waals surface area (Å²) in [5.74, 6) is 1.26. The maximum absolute atomic E-state index is 8.37. The molecule has 1 aromatic rings. The molecular formula is C16H22N4O. The van der Waals surface area contributed by atoms with E-state index in [9.17, 15) is 0 Å². The van der Waals surface area contributed by atoms with E-state index in [1.54, 1.807) is 6.19 Å². The average molecular weight is 286 g/mol. The molecule has 1 aliphatic heterocycles. The van der Waals surface area contributed by atoms with Gasteiger partial charge in [-0.15, -0.1) is 0 Å². The van der Waals surface area contributed by atoms with Gasteiger partial charge in [0, 0.05) is 13.0 Å². The number of hydrogen-bond acceptors (Lipinski definition) is 4. The van der Waals surface area contributed by atoms with Crippen LogP contribution in [0, 0.1) is 11.5 Å². The van der Waals surface area contributed by atoms with Crippen LogP contribution >= 0.6 is 0 Å². The Hall–Kier alpha value is -2.06. The van der Waals surface area contributed by atoms with Crippen molar-refractivity contribution in [3.8, 4) is 11.9 Å². The van der Waals surface area contributed by atoms with Crippen molar-refractivity contribution in [3.63, 3.8) is 0 Å². The van der Waals surface area contributed by atoms with Gasteiger partial charge < -0.3 is 10.5 Å². The molecule has 2 N–H and O–H groups in total. The highest BCUT2D eigenvalue weighted by Crippen LogP contribution is 2.17. The molecule has 2 rings (SSSR count). The van der Waals surface area contributed by atoms with Gasteiger partial charge in [0.2, 0.25) is 6.19 Å². The van der Waals surface area contributed by atoms with Gasteiger partial charge in [-0.1, -0.05) is 12.1 Å². The fourth-order valence-corrected chi connectivity index (χ4v) is 2.50. The maximum Gasteiger partial charge on any atom is 0.207 e. The van der Waals surface area contributed by atoms with E-state index in [-0.39, 0.29) is 0 Å². The zero-order valence-electron chi connectivity index (χ0n) is 12.3. The summed E-state index contributed by atoms with van der Waals surface area (Å²) in [5.41, 5.74) is 6.84. The Morgan fingerprint density at radius 2 is 2.19 bits per heavy atom. The lowest BCUT2D eigenvalue weighted by Crippen LogP contribution is -2.18. The van der Waals surface area contributed by atoms with Crippen LogP contribution in [0.1, 0.15) is 31.2 Å². The van der Waals surface area contributed by atoms with E-state index in [0.717, 1.165) is 18.7 Å². The number of likely N-dealkylation sites (tertiary alicyclic amines) is 1. The first kappa shape index (κ1) is 15.3. The molecule has 0 aromatic heterocycles. The summed E-state index contributed by atoms with van der Waals surface area (Å²) in [7, 11) is 0. The largest absolute Gasteiger partial charge is 0.494 e. The zero-order valence-corrected chi connectivity index (χ0v) is 12.3. The molecule has 5 heteroatoms. The first-order chi connectivity index (χ1) is 10.3. The van der Waals surface area contributed by atoms with Gasteiger partial charge in [0.1, 0.15) is 11.6 Å². The molecule has 1 heterocycles. The Balaban J connectivity index is 1.75. The number of hydrogen-bond donors (Lipinski definition) is 1. The molecule has 0 atom stereocenters. The van der Waals surface area contributed by atoms with Crippen molar-refractivity contribution >= 4 is 5.84 Å². The number of nitriles is 1. The minimum atomic E-state index is 0.365. The van der Waals surface area contributed by atoms with E-state index in [0.29, 0.717) is 18.9 Å². The highest BCUT2D eigenvalue weighted by Gasteiger charge is 2.11. The van der Waals surface area contributed by atoms with Gasteiger partial charge in [0.15, 0.2) is 0 Å². The number of amidine groups is 1. The molecule has 0 unspecified atom stereocenters.